The first-order valence-electron chi connectivity index (χ1n) is 15.9. The second-order valence-electron chi connectivity index (χ2n) is 14.3. The zero-order chi connectivity index (χ0) is 31.1. The normalized spacial score (nSPS) is 12.3. The Kier molecular flexibility index (Phi) is 16.5. The summed E-state index contributed by atoms with van der Waals surface area (Å²) in [6.07, 6.45) is 13.4. The van der Waals surface area contributed by atoms with Gasteiger partial charge in [-0.15, -0.1) is 11.8 Å². The number of ether oxygens (including phenoxy) is 3. The highest BCUT2D eigenvalue weighted by atomic mass is 32.2. The summed E-state index contributed by atoms with van der Waals surface area (Å²) in [5.74, 6) is 1.41. The summed E-state index contributed by atoms with van der Waals surface area (Å²) in [5, 5.41) is 0. The van der Waals surface area contributed by atoms with Crippen LogP contribution >= 0.6 is 11.8 Å². The third-order valence-electron chi connectivity index (χ3n) is 6.84. The van der Waals surface area contributed by atoms with Gasteiger partial charge in [-0.25, -0.2) is 4.79 Å². The lowest BCUT2D eigenvalue weighted by Crippen LogP contribution is -2.28. The maximum Gasteiger partial charge on any atom is 0.514 e. The van der Waals surface area contributed by atoms with Crippen LogP contribution in [0.3, 0.4) is 0 Å². The molecule has 0 unspecified atom stereocenters. The molecule has 0 N–H and O–H groups in total. The van der Waals surface area contributed by atoms with E-state index in [4.69, 9.17) is 14.2 Å². The molecular formula is C35H60O5S. The van der Waals surface area contributed by atoms with Gasteiger partial charge in [0.25, 0.3) is 0 Å². The monoisotopic (exact) mass is 592 g/mol. The molecule has 6 heteroatoms. The number of hydrogen-bond donors (Lipinski definition) is 0. The molecular weight excluding hydrogens is 532 g/mol. The molecule has 0 aliphatic heterocycles. The van der Waals surface area contributed by atoms with Gasteiger partial charge in [-0.2, -0.15) is 0 Å². The fourth-order valence-corrected chi connectivity index (χ4v) is 5.35. The highest BCUT2D eigenvalue weighted by molar-refractivity contribution is 7.99. The minimum atomic E-state index is -0.698. The molecule has 5 nitrogen and oxygen atoms in total. The summed E-state index contributed by atoms with van der Waals surface area (Å²) in [4.78, 5) is 25.0. The van der Waals surface area contributed by atoms with Crippen LogP contribution in [-0.4, -0.2) is 30.1 Å². The summed E-state index contributed by atoms with van der Waals surface area (Å²) in [6.45, 7) is 20.9. The van der Waals surface area contributed by atoms with Crippen molar-refractivity contribution in [2.45, 2.75) is 162 Å². The molecule has 1 aromatic carbocycles. The van der Waals surface area contributed by atoms with E-state index in [1.54, 1.807) is 11.8 Å². The minimum absolute atomic E-state index is 0.154. The highest BCUT2D eigenvalue weighted by Crippen LogP contribution is 2.41. The van der Waals surface area contributed by atoms with Gasteiger partial charge in [-0.3, -0.25) is 4.79 Å². The average Bonchev–Trinajstić information content (AvgIpc) is 2.82. The number of thioether (sulfide) groups is 1. The molecule has 0 aliphatic carbocycles. The molecule has 0 heterocycles. The van der Waals surface area contributed by atoms with Crippen LogP contribution in [0.25, 0.3) is 0 Å². The maximum atomic E-state index is 12.6. The van der Waals surface area contributed by atoms with Crippen molar-refractivity contribution in [2.24, 2.45) is 0 Å². The van der Waals surface area contributed by atoms with Gasteiger partial charge < -0.3 is 14.2 Å². The Balaban J connectivity index is 2.61. The number of benzene rings is 1. The van der Waals surface area contributed by atoms with E-state index in [0.29, 0.717) is 23.9 Å². The average molecular weight is 593 g/mol. The molecule has 1 rings (SSSR count). The van der Waals surface area contributed by atoms with Gasteiger partial charge in [-0.05, 0) is 43.6 Å². The standard InChI is InChI=1S/C35H60O5S/c1-11-12-13-14-15-16-17-18-19-20-21-22-38-30(36)26-41-25-27-23-28(33(2,3)4)31(29(24-27)34(5,6)7)39-32(37)40-35(8,9)10/h23-24H,11-22,25-26H2,1-10H3. The Bertz CT molecular complexity index is 883. The van der Waals surface area contributed by atoms with Crippen LogP contribution < -0.4 is 4.74 Å². The van der Waals surface area contributed by atoms with E-state index in [9.17, 15) is 9.59 Å². The zero-order valence-corrected chi connectivity index (χ0v) is 28.8. The molecule has 0 saturated heterocycles. The summed E-state index contributed by atoms with van der Waals surface area (Å²) >= 11 is 1.56. The molecule has 236 valence electrons. The van der Waals surface area contributed by atoms with Gasteiger partial charge in [0, 0.05) is 16.9 Å². The number of esters is 1. The molecule has 0 atom stereocenters. The van der Waals surface area contributed by atoms with Crippen molar-refractivity contribution in [3.05, 3.63) is 28.8 Å². The van der Waals surface area contributed by atoms with Crippen molar-refractivity contribution in [3.63, 3.8) is 0 Å². The Morgan fingerprint density at radius 2 is 1.17 bits per heavy atom. The van der Waals surface area contributed by atoms with Crippen LogP contribution in [0, 0.1) is 0 Å². The van der Waals surface area contributed by atoms with Crippen molar-refractivity contribution in [2.75, 3.05) is 12.4 Å². The lowest BCUT2D eigenvalue weighted by Gasteiger charge is -2.30. The van der Waals surface area contributed by atoms with E-state index in [-0.39, 0.29) is 16.8 Å². The number of hydrogen-bond acceptors (Lipinski definition) is 6. The Hall–Kier alpha value is -1.69. The van der Waals surface area contributed by atoms with E-state index < -0.39 is 11.8 Å². The van der Waals surface area contributed by atoms with Gasteiger partial charge >= 0.3 is 12.1 Å². The van der Waals surface area contributed by atoms with E-state index in [2.05, 4.69) is 60.6 Å². The van der Waals surface area contributed by atoms with Crippen molar-refractivity contribution in [3.8, 4) is 5.75 Å². The topological polar surface area (TPSA) is 61.8 Å². The summed E-state index contributed by atoms with van der Waals surface area (Å²) in [7, 11) is 0. The van der Waals surface area contributed by atoms with Crippen LogP contribution in [0.4, 0.5) is 4.79 Å². The smallest absolute Gasteiger partial charge is 0.465 e. The number of carbonyl (C=O) groups excluding carboxylic acids is 2. The Labute approximate surface area is 256 Å². The largest absolute Gasteiger partial charge is 0.514 e. The quantitative estimate of drug-likeness (QED) is 0.102. The number of unbranched alkanes of at least 4 members (excludes halogenated alkanes) is 10. The van der Waals surface area contributed by atoms with Crippen LogP contribution in [0.1, 0.15) is 157 Å². The van der Waals surface area contributed by atoms with Crippen molar-refractivity contribution >= 4 is 23.9 Å². The molecule has 0 aliphatic rings. The van der Waals surface area contributed by atoms with E-state index >= 15 is 0 Å². The predicted molar refractivity (Wildman–Crippen MR) is 174 cm³/mol. The first kappa shape index (κ1) is 37.3. The van der Waals surface area contributed by atoms with Crippen LogP contribution in [0.15, 0.2) is 12.1 Å². The molecule has 0 saturated carbocycles. The van der Waals surface area contributed by atoms with Crippen molar-refractivity contribution < 1.29 is 23.8 Å². The summed E-state index contributed by atoms with van der Waals surface area (Å²) < 4.78 is 16.8. The number of rotatable bonds is 17. The molecule has 0 aromatic heterocycles. The Morgan fingerprint density at radius 1 is 0.707 bits per heavy atom. The molecule has 0 radical (unpaired) electrons. The maximum absolute atomic E-state index is 12.6. The number of carbonyl (C=O) groups is 2. The first-order valence-corrected chi connectivity index (χ1v) is 17.0. The lowest BCUT2D eigenvalue weighted by molar-refractivity contribution is -0.140. The molecule has 0 amide bonds. The fourth-order valence-electron chi connectivity index (χ4n) is 4.60. The summed E-state index contributed by atoms with van der Waals surface area (Å²) in [6, 6.07) is 4.19. The van der Waals surface area contributed by atoms with E-state index in [0.717, 1.165) is 29.5 Å². The molecule has 41 heavy (non-hydrogen) atoms. The van der Waals surface area contributed by atoms with Crippen molar-refractivity contribution in [1.82, 2.24) is 0 Å². The first-order chi connectivity index (χ1) is 19.0. The van der Waals surface area contributed by atoms with Crippen LogP contribution in [-0.2, 0) is 30.9 Å². The minimum Gasteiger partial charge on any atom is -0.465 e. The fraction of sp³-hybridized carbons (Fsp3) is 0.771. The predicted octanol–water partition coefficient (Wildman–Crippen LogP) is 10.7. The summed E-state index contributed by atoms with van der Waals surface area (Å²) in [5.41, 5.74) is 1.84. The van der Waals surface area contributed by atoms with E-state index in [1.165, 1.54) is 57.8 Å². The molecule has 0 fully saturated rings. The van der Waals surface area contributed by atoms with Crippen molar-refractivity contribution in [1.29, 1.82) is 0 Å². The third kappa shape index (κ3) is 16.5. The highest BCUT2D eigenvalue weighted by Gasteiger charge is 2.30. The van der Waals surface area contributed by atoms with Crippen LogP contribution in [0.2, 0.25) is 0 Å². The Morgan fingerprint density at radius 3 is 1.61 bits per heavy atom. The van der Waals surface area contributed by atoms with Crippen LogP contribution in [0.5, 0.6) is 5.75 Å². The van der Waals surface area contributed by atoms with Gasteiger partial charge in [0.2, 0.25) is 0 Å². The van der Waals surface area contributed by atoms with Gasteiger partial charge in [0.1, 0.15) is 11.4 Å². The second-order valence-corrected chi connectivity index (χ2v) is 15.3. The third-order valence-corrected chi connectivity index (χ3v) is 7.82. The second kappa shape index (κ2) is 18.1. The zero-order valence-electron chi connectivity index (χ0n) is 28.0. The van der Waals surface area contributed by atoms with Gasteiger partial charge in [0.15, 0.2) is 0 Å². The molecule has 0 bridgehead atoms. The van der Waals surface area contributed by atoms with Gasteiger partial charge in [0.05, 0.1) is 12.4 Å². The molecule has 0 spiro atoms. The molecule has 1 aromatic rings. The van der Waals surface area contributed by atoms with E-state index in [1.807, 2.05) is 20.8 Å². The van der Waals surface area contributed by atoms with Gasteiger partial charge in [-0.1, -0.05) is 125 Å². The lowest BCUT2D eigenvalue weighted by atomic mass is 9.78. The SMILES string of the molecule is CCCCCCCCCCCCCOC(=O)CSCc1cc(C(C)(C)C)c(OC(=O)OC(C)(C)C)c(C(C)(C)C)c1.